The first-order chi connectivity index (χ1) is 31.0. The first-order valence-electron chi connectivity index (χ1n) is 22.8. The molecular weight excluding hydrogens is 791 g/mol. The van der Waals surface area contributed by atoms with E-state index in [-0.39, 0.29) is 16.2 Å². The molecule has 0 spiro atoms. The van der Waals surface area contributed by atoms with Crippen LogP contribution >= 0.6 is 0 Å². The number of para-hydroxylation sites is 2. The average Bonchev–Trinajstić information content (AvgIpc) is 3.62. The molecule has 0 aliphatic carbocycles. The molecule has 2 heterocycles. The van der Waals surface area contributed by atoms with Crippen LogP contribution in [0.4, 0.5) is 39.8 Å². The number of nitrogens with zero attached hydrogens (tertiary/aromatic N) is 4. The van der Waals surface area contributed by atoms with Crippen molar-refractivity contribution in [3.8, 4) is 16.9 Å². The Morgan fingerprint density at radius 3 is 1.78 bits per heavy atom. The van der Waals surface area contributed by atoms with Crippen LogP contribution in [0.1, 0.15) is 79.0 Å². The molecule has 5 nitrogen and oxygen atoms in total. The molecule has 0 aliphatic heterocycles. The van der Waals surface area contributed by atoms with Crippen LogP contribution in [0.15, 0.2) is 182 Å². The molecule has 0 aliphatic rings. The van der Waals surface area contributed by atoms with E-state index >= 15 is 0 Å². The molecule has 9 aromatic rings. The molecule has 65 heavy (non-hydrogen) atoms. The molecule has 0 atom stereocenters. The van der Waals surface area contributed by atoms with Crippen molar-refractivity contribution in [1.29, 1.82) is 0 Å². The molecule has 1 N–H and O–H groups in total. The van der Waals surface area contributed by atoms with Gasteiger partial charge in [-0.15, -0.1) is 0 Å². The van der Waals surface area contributed by atoms with E-state index in [1.54, 1.807) is 0 Å². The van der Waals surface area contributed by atoms with Crippen molar-refractivity contribution in [2.75, 3.05) is 22.2 Å². The van der Waals surface area contributed by atoms with Gasteiger partial charge in [0.05, 0.1) is 22.4 Å². The summed E-state index contributed by atoms with van der Waals surface area (Å²) in [6.07, 6.45) is 1.95. The topological polar surface area (TPSA) is 36.3 Å². The second-order valence-electron chi connectivity index (χ2n) is 20.5. The fraction of sp³-hybridized carbons (Fsp3) is 0.217. The number of aromatic nitrogens is 2. The lowest BCUT2D eigenvalue weighted by Crippen LogP contribution is -2.16. The van der Waals surface area contributed by atoms with Crippen LogP contribution in [-0.4, -0.2) is 16.6 Å². The maximum Gasteiger partial charge on any atom is 0.137 e. The maximum atomic E-state index is 4.97. The van der Waals surface area contributed by atoms with Crippen LogP contribution in [0.25, 0.3) is 38.8 Å². The molecule has 7 aromatic carbocycles. The normalized spacial score (nSPS) is 12.2. The number of pyridine rings is 1. The van der Waals surface area contributed by atoms with Crippen molar-refractivity contribution in [2.24, 2.45) is 0 Å². The van der Waals surface area contributed by atoms with Gasteiger partial charge in [0.1, 0.15) is 5.82 Å². The van der Waals surface area contributed by atoms with Gasteiger partial charge in [-0.25, -0.2) is 4.98 Å². The quantitative estimate of drug-likeness (QED) is 0.157. The predicted molar refractivity (Wildman–Crippen MR) is 279 cm³/mol. The average molecular weight is 852 g/mol. The van der Waals surface area contributed by atoms with E-state index in [0.717, 1.165) is 56.7 Å². The van der Waals surface area contributed by atoms with Crippen LogP contribution in [0.5, 0.6) is 0 Å². The molecule has 9 rings (SSSR count). The molecule has 0 saturated heterocycles. The highest BCUT2D eigenvalue weighted by Crippen LogP contribution is 2.43. The number of nitrogens with one attached hydrogen (secondary N) is 1. The summed E-state index contributed by atoms with van der Waals surface area (Å²) in [5.41, 5.74) is 15.8. The van der Waals surface area contributed by atoms with Gasteiger partial charge in [-0.05, 0) is 129 Å². The summed E-state index contributed by atoms with van der Waals surface area (Å²) in [4.78, 5) is 9.64. The smallest absolute Gasteiger partial charge is 0.137 e. The zero-order valence-electron chi connectivity index (χ0n) is 39.6. The molecule has 2 aromatic heterocycles. The molecule has 0 fully saturated rings. The maximum absolute atomic E-state index is 4.97. The van der Waals surface area contributed by atoms with Gasteiger partial charge >= 0.3 is 0 Å². The van der Waals surface area contributed by atoms with E-state index in [4.69, 9.17) is 4.98 Å². The van der Waals surface area contributed by atoms with Crippen LogP contribution in [-0.2, 0) is 16.2 Å². The Labute approximate surface area is 386 Å². The third-order valence-corrected chi connectivity index (χ3v) is 12.7. The van der Waals surface area contributed by atoms with Crippen LogP contribution in [0.3, 0.4) is 0 Å². The minimum absolute atomic E-state index is 0.0153. The lowest BCUT2D eigenvalue weighted by atomic mass is 9.84. The van der Waals surface area contributed by atoms with Crippen molar-refractivity contribution in [1.82, 2.24) is 9.55 Å². The van der Waals surface area contributed by atoms with Gasteiger partial charge in [-0.3, -0.25) is 4.57 Å². The highest BCUT2D eigenvalue weighted by molar-refractivity contribution is 6.10. The summed E-state index contributed by atoms with van der Waals surface area (Å²) in [7, 11) is 2.17. The summed E-state index contributed by atoms with van der Waals surface area (Å²) in [6, 6.07) is 64.0. The molecule has 326 valence electrons. The molecule has 0 bridgehead atoms. The van der Waals surface area contributed by atoms with E-state index in [0.29, 0.717) is 0 Å². The van der Waals surface area contributed by atoms with Crippen molar-refractivity contribution in [3.63, 3.8) is 0 Å². The monoisotopic (exact) mass is 851 g/mol. The van der Waals surface area contributed by atoms with E-state index in [9.17, 15) is 0 Å². The molecule has 0 amide bonds. The van der Waals surface area contributed by atoms with Crippen LogP contribution in [0, 0.1) is 0 Å². The van der Waals surface area contributed by atoms with Crippen LogP contribution in [0.2, 0.25) is 0 Å². The lowest BCUT2D eigenvalue weighted by Gasteiger charge is -2.29. The third-order valence-electron chi connectivity index (χ3n) is 12.7. The van der Waals surface area contributed by atoms with Gasteiger partial charge in [0.25, 0.3) is 0 Å². The summed E-state index contributed by atoms with van der Waals surface area (Å²) < 4.78 is 2.33. The summed E-state index contributed by atoms with van der Waals surface area (Å²) in [5.74, 6) is 0.916. The Morgan fingerprint density at radius 1 is 0.446 bits per heavy atom. The van der Waals surface area contributed by atoms with E-state index in [1.165, 1.54) is 38.6 Å². The second kappa shape index (κ2) is 16.8. The van der Waals surface area contributed by atoms with Gasteiger partial charge in [0.15, 0.2) is 0 Å². The first-order valence-corrected chi connectivity index (χ1v) is 22.8. The second-order valence-corrected chi connectivity index (χ2v) is 20.5. The Hall–Kier alpha value is -7.11. The molecular formula is C60H61N5. The van der Waals surface area contributed by atoms with Crippen LogP contribution < -0.4 is 15.1 Å². The van der Waals surface area contributed by atoms with Gasteiger partial charge in [0, 0.05) is 52.5 Å². The fourth-order valence-corrected chi connectivity index (χ4v) is 8.84. The van der Waals surface area contributed by atoms with Crippen molar-refractivity contribution in [3.05, 3.63) is 199 Å². The SMILES string of the molecule is CN(c1cccc(N(c2ccccc2)c2ccc3c4ccccc4n(-c4cc(C(C)(C)C)ccn4)c3c2)c1)c1ccc(C(C)(C)C)cc1Nc1cc(-c2ccccc2)cc(C(C)(C)C)c1. The van der Waals surface area contributed by atoms with Gasteiger partial charge < -0.3 is 15.1 Å². The van der Waals surface area contributed by atoms with E-state index in [1.807, 2.05) is 6.20 Å². The number of fused-ring (bicyclic) bond motifs is 3. The molecule has 0 saturated carbocycles. The third kappa shape index (κ3) is 8.76. The Bertz CT molecular complexity index is 3140. The lowest BCUT2D eigenvalue weighted by molar-refractivity contribution is 0.588. The fourth-order valence-electron chi connectivity index (χ4n) is 8.84. The van der Waals surface area contributed by atoms with Crippen molar-refractivity contribution >= 4 is 61.6 Å². The number of hydrogen-bond acceptors (Lipinski definition) is 4. The van der Waals surface area contributed by atoms with Crippen molar-refractivity contribution < 1.29 is 0 Å². The van der Waals surface area contributed by atoms with E-state index < -0.39 is 0 Å². The minimum atomic E-state index is -0.0373. The van der Waals surface area contributed by atoms with Gasteiger partial charge in [0.2, 0.25) is 0 Å². The van der Waals surface area contributed by atoms with E-state index in [2.05, 4.69) is 265 Å². The molecule has 0 radical (unpaired) electrons. The Kier molecular flexibility index (Phi) is 11.1. The zero-order chi connectivity index (χ0) is 45.7. The molecule has 5 heteroatoms. The first kappa shape index (κ1) is 43.2. The highest BCUT2D eigenvalue weighted by Gasteiger charge is 2.23. The molecule has 0 unspecified atom stereocenters. The zero-order valence-corrected chi connectivity index (χ0v) is 39.6. The van der Waals surface area contributed by atoms with Crippen molar-refractivity contribution in [2.45, 2.75) is 78.6 Å². The highest BCUT2D eigenvalue weighted by atomic mass is 15.2. The Morgan fingerprint density at radius 2 is 1.06 bits per heavy atom. The summed E-state index contributed by atoms with van der Waals surface area (Å²) in [6.45, 7) is 20.5. The van der Waals surface area contributed by atoms with Gasteiger partial charge in [-0.1, -0.05) is 153 Å². The Balaban J connectivity index is 1.16. The number of anilines is 7. The largest absolute Gasteiger partial charge is 0.354 e. The summed E-state index contributed by atoms with van der Waals surface area (Å²) in [5, 5.41) is 6.34. The predicted octanol–water partition coefficient (Wildman–Crippen LogP) is 16.7. The number of benzene rings is 7. The minimum Gasteiger partial charge on any atom is -0.354 e. The number of rotatable bonds is 9. The van der Waals surface area contributed by atoms with Gasteiger partial charge in [-0.2, -0.15) is 0 Å². The summed E-state index contributed by atoms with van der Waals surface area (Å²) >= 11 is 0. The standard InChI is InChI=1S/C60H61N5/c1-58(2,3)43-28-31-55(53(37-43)62-46-35-42(41-20-13-11-14-21-41)34-45(36-46)60(7,8)9)63(10)48-24-19-25-49(39-48)64(47-22-15-12-16-23-47)50-29-30-52-51-26-17-18-27-54(51)65(56(52)40-50)57-38-44(32-33-61-57)59(4,5)6/h11-40,62H,1-10H3. The number of hydrogen-bond donors (Lipinski definition) is 1.